The Bertz CT molecular complexity index is 743. The van der Waals surface area contributed by atoms with Crippen LogP contribution in [0, 0.1) is 37.8 Å². The van der Waals surface area contributed by atoms with Gasteiger partial charge in [-0.15, -0.1) is 0 Å². The molecule has 0 saturated carbocycles. The molecular weight excluding hydrogens is 280 g/mol. The van der Waals surface area contributed by atoms with Crippen molar-refractivity contribution in [3.05, 3.63) is 68.3 Å². The molecule has 0 unspecified atom stereocenters. The summed E-state index contributed by atoms with van der Waals surface area (Å²) in [4.78, 5) is 22.9. The zero-order valence-electron chi connectivity index (χ0n) is 13.1. The number of carbonyl (C=O) groups is 1. The van der Waals surface area contributed by atoms with Crippen molar-refractivity contribution >= 4 is 17.3 Å². The lowest BCUT2D eigenvalue weighted by Crippen LogP contribution is -2.14. The molecular formula is C17H18N2O3. The second-order valence-electron chi connectivity index (χ2n) is 5.49. The summed E-state index contributed by atoms with van der Waals surface area (Å²) in [5.74, 6) is -0.349. The van der Waals surface area contributed by atoms with Gasteiger partial charge in [-0.05, 0) is 44.9 Å². The number of nitro benzene ring substituents is 1. The second-order valence-corrected chi connectivity index (χ2v) is 5.49. The van der Waals surface area contributed by atoms with E-state index in [0.717, 1.165) is 22.4 Å². The molecule has 0 spiro atoms. The van der Waals surface area contributed by atoms with Gasteiger partial charge in [0.05, 0.1) is 4.92 Å². The van der Waals surface area contributed by atoms with Crippen LogP contribution in [0.2, 0.25) is 0 Å². The van der Waals surface area contributed by atoms with Gasteiger partial charge in [-0.3, -0.25) is 14.9 Å². The largest absolute Gasteiger partial charge is 0.321 e. The molecule has 0 radical (unpaired) electrons. The number of carbonyl (C=O) groups excluding carboxylic acids is 1. The van der Waals surface area contributed by atoms with E-state index in [1.165, 1.54) is 6.07 Å². The lowest BCUT2D eigenvalue weighted by molar-refractivity contribution is -0.385. The SMILES string of the molecule is Cc1cc(C)c(NC(=O)c2ccc(C)c([N+](=O)[O-])c2)c(C)c1. The lowest BCUT2D eigenvalue weighted by atomic mass is 10.0. The number of hydrogen-bond donors (Lipinski definition) is 1. The van der Waals surface area contributed by atoms with Crippen LogP contribution in [0.15, 0.2) is 30.3 Å². The summed E-state index contributed by atoms with van der Waals surface area (Å²) >= 11 is 0. The Hall–Kier alpha value is -2.69. The third-order valence-electron chi connectivity index (χ3n) is 3.58. The van der Waals surface area contributed by atoms with Gasteiger partial charge in [0.15, 0.2) is 0 Å². The fourth-order valence-electron chi connectivity index (χ4n) is 2.51. The Morgan fingerprint density at radius 1 is 1.00 bits per heavy atom. The normalized spacial score (nSPS) is 10.4. The highest BCUT2D eigenvalue weighted by atomic mass is 16.6. The molecule has 0 fully saturated rings. The van der Waals surface area contributed by atoms with Crippen LogP contribution in [-0.4, -0.2) is 10.8 Å². The van der Waals surface area contributed by atoms with Gasteiger partial charge >= 0.3 is 0 Å². The van der Waals surface area contributed by atoms with Gasteiger partial charge in [0.25, 0.3) is 11.6 Å². The van der Waals surface area contributed by atoms with Gasteiger partial charge in [0, 0.05) is 22.9 Å². The molecule has 114 valence electrons. The standard InChI is InChI=1S/C17H18N2O3/c1-10-7-12(3)16(13(4)8-10)18-17(20)14-6-5-11(2)15(9-14)19(21)22/h5-9H,1-4H3,(H,18,20). The number of nitrogens with one attached hydrogen (secondary N) is 1. The molecule has 1 N–H and O–H groups in total. The highest BCUT2D eigenvalue weighted by Gasteiger charge is 2.16. The highest BCUT2D eigenvalue weighted by molar-refractivity contribution is 6.05. The van der Waals surface area contributed by atoms with Gasteiger partial charge in [0.2, 0.25) is 0 Å². The molecule has 0 saturated heterocycles. The smallest absolute Gasteiger partial charge is 0.273 e. The van der Waals surface area contributed by atoms with Crippen LogP contribution in [0.25, 0.3) is 0 Å². The molecule has 5 nitrogen and oxygen atoms in total. The van der Waals surface area contributed by atoms with Crippen LogP contribution in [-0.2, 0) is 0 Å². The van der Waals surface area contributed by atoms with Crippen molar-refractivity contribution in [1.29, 1.82) is 0 Å². The molecule has 0 heterocycles. The Balaban J connectivity index is 2.34. The molecule has 2 aromatic carbocycles. The molecule has 0 aliphatic rings. The van der Waals surface area contributed by atoms with E-state index in [1.54, 1.807) is 19.1 Å². The van der Waals surface area contributed by atoms with E-state index < -0.39 is 4.92 Å². The molecule has 2 aromatic rings. The van der Waals surface area contributed by atoms with Gasteiger partial charge in [-0.1, -0.05) is 23.8 Å². The van der Waals surface area contributed by atoms with Crippen LogP contribution in [0.5, 0.6) is 0 Å². The molecule has 0 bridgehead atoms. The Morgan fingerprint density at radius 2 is 1.59 bits per heavy atom. The quantitative estimate of drug-likeness (QED) is 0.685. The Morgan fingerprint density at radius 3 is 2.14 bits per heavy atom. The summed E-state index contributed by atoms with van der Waals surface area (Å²) in [6.45, 7) is 7.49. The minimum atomic E-state index is -0.478. The maximum atomic E-state index is 12.4. The first kappa shape index (κ1) is 15.7. The monoisotopic (exact) mass is 298 g/mol. The van der Waals surface area contributed by atoms with Crippen molar-refractivity contribution in [2.24, 2.45) is 0 Å². The number of nitrogens with zero attached hydrogens (tertiary/aromatic N) is 1. The van der Waals surface area contributed by atoms with Crippen molar-refractivity contribution in [3.8, 4) is 0 Å². The van der Waals surface area contributed by atoms with Gasteiger partial charge in [-0.25, -0.2) is 0 Å². The topological polar surface area (TPSA) is 72.2 Å². The fourth-order valence-corrected chi connectivity index (χ4v) is 2.51. The molecule has 22 heavy (non-hydrogen) atoms. The third kappa shape index (κ3) is 3.14. The summed E-state index contributed by atoms with van der Waals surface area (Å²) in [5, 5.41) is 13.8. The van der Waals surface area contributed by atoms with Crippen LogP contribution < -0.4 is 5.32 Å². The average molecular weight is 298 g/mol. The van der Waals surface area contributed by atoms with Crippen molar-refractivity contribution < 1.29 is 9.72 Å². The van der Waals surface area contributed by atoms with Gasteiger partial charge < -0.3 is 5.32 Å². The van der Waals surface area contributed by atoms with Crippen molar-refractivity contribution in [2.45, 2.75) is 27.7 Å². The molecule has 0 atom stereocenters. The van der Waals surface area contributed by atoms with E-state index in [2.05, 4.69) is 5.32 Å². The maximum Gasteiger partial charge on any atom is 0.273 e. The number of rotatable bonds is 3. The molecule has 0 aliphatic heterocycles. The van der Waals surface area contributed by atoms with Crippen LogP contribution in [0.1, 0.15) is 32.6 Å². The van der Waals surface area contributed by atoms with Crippen molar-refractivity contribution in [1.82, 2.24) is 0 Å². The minimum Gasteiger partial charge on any atom is -0.321 e. The predicted molar refractivity (Wildman–Crippen MR) is 86.4 cm³/mol. The van der Waals surface area contributed by atoms with E-state index in [1.807, 2.05) is 32.9 Å². The number of aryl methyl sites for hydroxylation is 4. The van der Waals surface area contributed by atoms with E-state index in [4.69, 9.17) is 0 Å². The van der Waals surface area contributed by atoms with Gasteiger partial charge in [-0.2, -0.15) is 0 Å². The summed E-state index contributed by atoms with van der Waals surface area (Å²) in [5.41, 5.74) is 4.56. The molecule has 5 heteroatoms. The summed E-state index contributed by atoms with van der Waals surface area (Å²) in [6, 6.07) is 8.46. The number of anilines is 1. The van der Waals surface area contributed by atoms with Gasteiger partial charge in [0.1, 0.15) is 0 Å². The van der Waals surface area contributed by atoms with E-state index in [9.17, 15) is 14.9 Å². The number of nitro groups is 1. The van der Waals surface area contributed by atoms with E-state index >= 15 is 0 Å². The number of hydrogen-bond acceptors (Lipinski definition) is 3. The van der Waals surface area contributed by atoms with Crippen molar-refractivity contribution in [3.63, 3.8) is 0 Å². The highest BCUT2D eigenvalue weighted by Crippen LogP contribution is 2.24. The maximum absolute atomic E-state index is 12.4. The molecule has 1 amide bonds. The predicted octanol–water partition coefficient (Wildman–Crippen LogP) is 4.08. The zero-order chi connectivity index (χ0) is 16.4. The zero-order valence-corrected chi connectivity index (χ0v) is 13.1. The van der Waals surface area contributed by atoms with Crippen molar-refractivity contribution in [2.75, 3.05) is 5.32 Å². The lowest BCUT2D eigenvalue weighted by Gasteiger charge is -2.13. The Kier molecular flexibility index (Phi) is 4.26. The minimum absolute atomic E-state index is 0.0509. The number of benzene rings is 2. The number of amides is 1. The van der Waals surface area contributed by atoms with Crippen LogP contribution in [0.4, 0.5) is 11.4 Å². The summed E-state index contributed by atoms with van der Waals surface area (Å²) < 4.78 is 0. The van der Waals surface area contributed by atoms with Crippen LogP contribution >= 0.6 is 0 Å². The van der Waals surface area contributed by atoms with E-state index in [-0.39, 0.29) is 17.2 Å². The first-order chi connectivity index (χ1) is 10.3. The third-order valence-corrected chi connectivity index (χ3v) is 3.58. The van der Waals surface area contributed by atoms with Crippen LogP contribution in [0.3, 0.4) is 0 Å². The van der Waals surface area contributed by atoms with E-state index in [0.29, 0.717) is 5.56 Å². The molecule has 0 aromatic heterocycles. The molecule has 0 aliphatic carbocycles. The fraction of sp³-hybridized carbons (Fsp3) is 0.235. The molecule has 2 rings (SSSR count). The summed E-state index contributed by atoms with van der Waals surface area (Å²) in [6.07, 6.45) is 0. The Labute approximate surface area is 129 Å². The second kappa shape index (κ2) is 5.97. The first-order valence-electron chi connectivity index (χ1n) is 6.94. The average Bonchev–Trinajstić information content (AvgIpc) is 2.42. The summed E-state index contributed by atoms with van der Waals surface area (Å²) in [7, 11) is 0. The first-order valence-corrected chi connectivity index (χ1v) is 6.94.